The number of rotatable bonds is 6. The van der Waals surface area contributed by atoms with Crippen molar-refractivity contribution in [1.82, 2.24) is 4.90 Å². The van der Waals surface area contributed by atoms with E-state index in [4.69, 9.17) is 12.2 Å². The van der Waals surface area contributed by atoms with Crippen LogP contribution in [0.3, 0.4) is 0 Å². The standard InChI is InChI=1S/C20H19NOS3/c1-24-17-11-9-16(10-12-17)14-18-19(22)21(20(23)25-18)13-5-8-15-6-3-2-4-7-15/h2-4,6-7,9-12,14H,5,8,13H2,1H3/b18-14-. The Morgan fingerprint density at radius 2 is 1.84 bits per heavy atom. The highest BCUT2D eigenvalue weighted by Crippen LogP contribution is 2.33. The zero-order valence-corrected chi connectivity index (χ0v) is 16.4. The van der Waals surface area contributed by atoms with E-state index in [1.54, 1.807) is 16.7 Å². The summed E-state index contributed by atoms with van der Waals surface area (Å²) < 4.78 is 0.657. The first-order valence-electron chi connectivity index (χ1n) is 8.11. The normalized spacial score (nSPS) is 16.0. The van der Waals surface area contributed by atoms with Crippen LogP contribution in [-0.4, -0.2) is 27.9 Å². The fraction of sp³-hybridized carbons (Fsp3) is 0.200. The van der Waals surface area contributed by atoms with Crippen LogP contribution in [0.2, 0.25) is 0 Å². The molecule has 2 nitrogen and oxygen atoms in total. The second-order valence-corrected chi connectivity index (χ2v) is 8.25. The fourth-order valence-electron chi connectivity index (χ4n) is 2.63. The van der Waals surface area contributed by atoms with Crippen LogP contribution in [0, 0.1) is 0 Å². The molecule has 0 aliphatic carbocycles. The van der Waals surface area contributed by atoms with Gasteiger partial charge in [-0.1, -0.05) is 66.4 Å². The Kier molecular flexibility index (Phi) is 6.34. The average molecular weight is 386 g/mol. The highest BCUT2D eigenvalue weighted by atomic mass is 32.2. The highest BCUT2D eigenvalue weighted by molar-refractivity contribution is 8.26. The molecule has 2 aromatic rings. The van der Waals surface area contributed by atoms with Gasteiger partial charge in [-0.15, -0.1) is 11.8 Å². The van der Waals surface area contributed by atoms with Crippen molar-refractivity contribution < 1.29 is 4.79 Å². The number of hydrogen-bond acceptors (Lipinski definition) is 4. The van der Waals surface area contributed by atoms with Crippen LogP contribution in [-0.2, 0) is 11.2 Å². The summed E-state index contributed by atoms with van der Waals surface area (Å²) in [5, 5.41) is 0. The molecule has 1 fully saturated rings. The number of carbonyl (C=O) groups excluding carboxylic acids is 1. The lowest BCUT2D eigenvalue weighted by Gasteiger charge is -2.14. The van der Waals surface area contributed by atoms with Gasteiger partial charge in [-0.25, -0.2) is 0 Å². The molecular formula is C20H19NOS3. The lowest BCUT2D eigenvalue weighted by Crippen LogP contribution is -2.29. The zero-order valence-electron chi connectivity index (χ0n) is 14.0. The molecule has 1 amide bonds. The number of thioether (sulfide) groups is 2. The first-order valence-corrected chi connectivity index (χ1v) is 10.6. The number of nitrogens with zero attached hydrogens (tertiary/aromatic N) is 1. The topological polar surface area (TPSA) is 20.3 Å². The van der Waals surface area contributed by atoms with Gasteiger partial charge in [-0.05, 0) is 48.4 Å². The Labute approximate surface area is 162 Å². The Hall–Kier alpha value is -1.56. The van der Waals surface area contributed by atoms with Crippen molar-refractivity contribution in [3.8, 4) is 0 Å². The van der Waals surface area contributed by atoms with Crippen LogP contribution in [0.25, 0.3) is 6.08 Å². The van der Waals surface area contributed by atoms with Crippen molar-refractivity contribution >= 4 is 52.0 Å². The van der Waals surface area contributed by atoms with Gasteiger partial charge in [0.05, 0.1) is 4.91 Å². The van der Waals surface area contributed by atoms with E-state index in [0.717, 1.165) is 18.4 Å². The molecule has 25 heavy (non-hydrogen) atoms. The summed E-state index contributed by atoms with van der Waals surface area (Å²) in [5.41, 5.74) is 2.32. The third-order valence-corrected chi connectivity index (χ3v) is 6.10. The molecule has 0 unspecified atom stereocenters. The van der Waals surface area contributed by atoms with Crippen molar-refractivity contribution in [2.75, 3.05) is 12.8 Å². The van der Waals surface area contributed by atoms with Crippen molar-refractivity contribution in [2.24, 2.45) is 0 Å². The van der Waals surface area contributed by atoms with E-state index < -0.39 is 0 Å². The predicted octanol–water partition coefficient (Wildman–Crippen LogP) is 5.24. The smallest absolute Gasteiger partial charge is 0.266 e. The molecule has 1 aliphatic heterocycles. The molecule has 1 saturated heterocycles. The van der Waals surface area contributed by atoms with Crippen molar-refractivity contribution in [2.45, 2.75) is 17.7 Å². The van der Waals surface area contributed by atoms with Gasteiger partial charge in [0.1, 0.15) is 4.32 Å². The molecule has 1 aliphatic rings. The predicted molar refractivity (Wildman–Crippen MR) is 113 cm³/mol. The number of hydrogen-bond donors (Lipinski definition) is 0. The largest absolute Gasteiger partial charge is 0.293 e. The summed E-state index contributed by atoms with van der Waals surface area (Å²) in [6.45, 7) is 0.669. The first-order chi connectivity index (χ1) is 12.2. The second-order valence-electron chi connectivity index (χ2n) is 5.70. The van der Waals surface area contributed by atoms with Crippen LogP contribution in [0.5, 0.6) is 0 Å². The molecule has 0 atom stereocenters. The number of benzene rings is 2. The molecule has 3 rings (SSSR count). The summed E-state index contributed by atoms with van der Waals surface area (Å²) in [5.74, 6) is 0.0250. The molecule has 0 radical (unpaired) electrons. The minimum absolute atomic E-state index is 0.0250. The molecule has 0 saturated carbocycles. The van der Waals surface area contributed by atoms with Gasteiger partial charge in [0.25, 0.3) is 5.91 Å². The molecule has 1 heterocycles. The van der Waals surface area contributed by atoms with Gasteiger partial charge in [0, 0.05) is 11.4 Å². The lowest BCUT2D eigenvalue weighted by atomic mass is 10.1. The fourth-order valence-corrected chi connectivity index (χ4v) is 4.35. The number of carbonyl (C=O) groups is 1. The van der Waals surface area contributed by atoms with Crippen LogP contribution in [0.4, 0.5) is 0 Å². The van der Waals surface area contributed by atoms with Gasteiger partial charge in [0.15, 0.2) is 0 Å². The number of aryl methyl sites for hydroxylation is 1. The van der Waals surface area contributed by atoms with Gasteiger partial charge < -0.3 is 0 Å². The van der Waals surface area contributed by atoms with Gasteiger partial charge >= 0.3 is 0 Å². The van der Waals surface area contributed by atoms with Crippen molar-refractivity contribution in [1.29, 1.82) is 0 Å². The van der Waals surface area contributed by atoms with E-state index in [-0.39, 0.29) is 5.91 Å². The van der Waals surface area contributed by atoms with E-state index in [9.17, 15) is 4.79 Å². The molecule has 0 aromatic heterocycles. The molecule has 2 aromatic carbocycles. The minimum Gasteiger partial charge on any atom is -0.293 e. The molecule has 0 N–H and O–H groups in total. The Balaban J connectivity index is 1.62. The van der Waals surface area contributed by atoms with E-state index in [2.05, 4.69) is 30.5 Å². The SMILES string of the molecule is CSc1ccc(/C=C2\SC(=S)N(CCCc3ccccc3)C2=O)cc1. The summed E-state index contributed by atoms with van der Waals surface area (Å²) in [6, 6.07) is 18.5. The highest BCUT2D eigenvalue weighted by Gasteiger charge is 2.31. The maximum atomic E-state index is 12.6. The summed E-state index contributed by atoms with van der Waals surface area (Å²) >= 11 is 8.51. The molecule has 128 valence electrons. The third-order valence-electron chi connectivity index (χ3n) is 3.98. The maximum Gasteiger partial charge on any atom is 0.266 e. The third kappa shape index (κ3) is 4.75. The molecule has 5 heteroatoms. The number of thiocarbonyl (C=S) groups is 1. The Morgan fingerprint density at radius 1 is 1.12 bits per heavy atom. The quantitative estimate of drug-likeness (QED) is 0.385. The molecule has 0 spiro atoms. The number of amides is 1. The van der Waals surface area contributed by atoms with E-state index >= 15 is 0 Å². The Bertz CT molecular complexity index is 784. The van der Waals surface area contributed by atoms with E-state index in [1.807, 2.05) is 36.4 Å². The summed E-state index contributed by atoms with van der Waals surface area (Å²) in [6.07, 6.45) is 5.84. The van der Waals surface area contributed by atoms with E-state index in [1.165, 1.54) is 22.2 Å². The van der Waals surface area contributed by atoms with Crippen molar-refractivity contribution in [3.63, 3.8) is 0 Å². The van der Waals surface area contributed by atoms with Crippen LogP contribution < -0.4 is 0 Å². The van der Waals surface area contributed by atoms with Crippen LogP contribution in [0.15, 0.2) is 64.4 Å². The Morgan fingerprint density at radius 3 is 2.52 bits per heavy atom. The van der Waals surface area contributed by atoms with Gasteiger partial charge in [-0.3, -0.25) is 9.69 Å². The summed E-state index contributed by atoms with van der Waals surface area (Å²) in [7, 11) is 0. The van der Waals surface area contributed by atoms with Gasteiger partial charge in [0.2, 0.25) is 0 Å². The van der Waals surface area contributed by atoms with Crippen molar-refractivity contribution in [3.05, 3.63) is 70.6 Å². The lowest BCUT2D eigenvalue weighted by molar-refractivity contribution is -0.122. The summed E-state index contributed by atoms with van der Waals surface area (Å²) in [4.78, 5) is 16.3. The maximum absolute atomic E-state index is 12.6. The minimum atomic E-state index is 0.0250. The zero-order chi connectivity index (χ0) is 17.6. The van der Waals surface area contributed by atoms with Crippen LogP contribution in [0.1, 0.15) is 17.5 Å². The molecular weight excluding hydrogens is 366 g/mol. The second kappa shape index (κ2) is 8.70. The molecule has 0 bridgehead atoms. The first kappa shape index (κ1) is 18.2. The van der Waals surface area contributed by atoms with E-state index in [0.29, 0.717) is 15.8 Å². The monoisotopic (exact) mass is 385 g/mol. The van der Waals surface area contributed by atoms with Gasteiger partial charge in [-0.2, -0.15) is 0 Å². The van der Waals surface area contributed by atoms with Crippen LogP contribution >= 0.6 is 35.7 Å². The average Bonchev–Trinajstić information content (AvgIpc) is 2.90.